The summed E-state index contributed by atoms with van der Waals surface area (Å²) in [6.45, 7) is 0.975. The Bertz CT molecular complexity index is 425. The molecule has 1 N–H and O–H groups in total. The lowest BCUT2D eigenvalue weighted by molar-refractivity contribution is -0.385. The van der Waals surface area contributed by atoms with E-state index in [0.717, 1.165) is 6.07 Å². The molecule has 1 aliphatic rings. The van der Waals surface area contributed by atoms with Gasteiger partial charge in [0.05, 0.1) is 17.1 Å². The van der Waals surface area contributed by atoms with Crippen LogP contribution in [0.2, 0.25) is 0 Å². The topological polar surface area (TPSA) is 66.6 Å². The fraction of sp³-hybridized carbons (Fsp3) is 0.400. The van der Waals surface area contributed by atoms with Gasteiger partial charge in [-0.1, -0.05) is 0 Å². The van der Waals surface area contributed by atoms with Gasteiger partial charge in [0.15, 0.2) is 0 Å². The van der Waals surface area contributed by atoms with Crippen LogP contribution in [0.15, 0.2) is 18.2 Å². The number of halogens is 1. The second kappa shape index (κ2) is 4.05. The van der Waals surface area contributed by atoms with Crippen molar-refractivity contribution >= 4 is 11.4 Å². The van der Waals surface area contributed by atoms with Crippen molar-refractivity contribution in [1.82, 2.24) is 0 Å². The summed E-state index contributed by atoms with van der Waals surface area (Å²) in [5.74, 6) is -0.634. The SMILES string of the molecule is O=[N+]([O-])c1cc(F)cc(N2CC[C@H](O)C2)c1. The number of nitro benzene ring substituents is 1. The van der Waals surface area contributed by atoms with Crippen molar-refractivity contribution in [2.24, 2.45) is 0 Å². The molecule has 1 saturated heterocycles. The molecule has 2 rings (SSSR count). The summed E-state index contributed by atoms with van der Waals surface area (Å²) in [4.78, 5) is 11.7. The van der Waals surface area contributed by atoms with Gasteiger partial charge in [-0.05, 0) is 12.5 Å². The first-order valence-electron chi connectivity index (χ1n) is 4.94. The zero-order valence-corrected chi connectivity index (χ0v) is 8.47. The Kier molecular flexibility index (Phi) is 2.74. The molecule has 1 fully saturated rings. The van der Waals surface area contributed by atoms with Crippen LogP contribution in [0.4, 0.5) is 15.8 Å². The molecular formula is C10H11FN2O3. The third-order valence-corrected chi connectivity index (χ3v) is 2.61. The van der Waals surface area contributed by atoms with Crippen molar-refractivity contribution in [2.75, 3.05) is 18.0 Å². The summed E-state index contributed by atoms with van der Waals surface area (Å²) in [6.07, 6.45) is 0.159. The highest BCUT2D eigenvalue weighted by atomic mass is 19.1. The summed E-state index contributed by atoms with van der Waals surface area (Å²) in [5.41, 5.74) is 0.180. The molecule has 1 heterocycles. The maximum absolute atomic E-state index is 13.1. The summed E-state index contributed by atoms with van der Waals surface area (Å²) >= 11 is 0. The van der Waals surface area contributed by atoms with Crippen LogP contribution in [-0.4, -0.2) is 29.2 Å². The number of benzene rings is 1. The van der Waals surface area contributed by atoms with E-state index in [1.807, 2.05) is 0 Å². The summed E-state index contributed by atoms with van der Waals surface area (Å²) in [5, 5.41) is 19.9. The molecule has 0 aromatic heterocycles. The first-order chi connectivity index (χ1) is 7.56. The molecule has 0 unspecified atom stereocenters. The number of hydrogen-bond donors (Lipinski definition) is 1. The van der Waals surface area contributed by atoms with E-state index < -0.39 is 16.8 Å². The monoisotopic (exact) mass is 226 g/mol. The molecule has 0 aliphatic carbocycles. The van der Waals surface area contributed by atoms with Crippen LogP contribution in [0.3, 0.4) is 0 Å². The number of β-amino-alcohol motifs (C(OH)–C–C–N with tert-alkyl or cyclic N) is 1. The van der Waals surface area contributed by atoms with Gasteiger partial charge in [-0.2, -0.15) is 0 Å². The molecule has 1 aromatic rings. The third-order valence-electron chi connectivity index (χ3n) is 2.61. The standard InChI is InChI=1S/C10H11FN2O3/c11-7-3-8(5-9(4-7)13(15)16)12-2-1-10(14)6-12/h3-5,10,14H,1-2,6H2/t10-/m0/s1. The van der Waals surface area contributed by atoms with E-state index in [1.54, 1.807) is 4.90 Å². The average molecular weight is 226 g/mol. The number of nitro groups is 1. The highest BCUT2D eigenvalue weighted by Crippen LogP contribution is 2.26. The van der Waals surface area contributed by atoms with Gasteiger partial charge in [0.25, 0.3) is 5.69 Å². The highest BCUT2D eigenvalue weighted by Gasteiger charge is 2.22. The Morgan fingerprint density at radius 3 is 2.81 bits per heavy atom. The number of rotatable bonds is 2. The quantitative estimate of drug-likeness (QED) is 0.609. The van der Waals surface area contributed by atoms with Gasteiger partial charge >= 0.3 is 0 Å². The Balaban J connectivity index is 2.30. The normalized spacial score (nSPS) is 20.1. The van der Waals surface area contributed by atoms with E-state index in [1.165, 1.54) is 12.1 Å². The van der Waals surface area contributed by atoms with Crippen LogP contribution < -0.4 is 4.90 Å². The van der Waals surface area contributed by atoms with Gasteiger partial charge in [0.1, 0.15) is 5.82 Å². The van der Waals surface area contributed by atoms with Crippen molar-refractivity contribution in [3.8, 4) is 0 Å². The lowest BCUT2D eigenvalue weighted by Gasteiger charge is -2.17. The smallest absolute Gasteiger partial charge is 0.274 e. The molecule has 1 aromatic carbocycles. The third kappa shape index (κ3) is 2.11. The minimum absolute atomic E-state index is 0.267. The van der Waals surface area contributed by atoms with Crippen molar-refractivity contribution < 1.29 is 14.4 Å². The van der Waals surface area contributed by atoms with E-state index >= 15 is 0 Å². The second-order valence-electron chi connectivity index (χ2n) is 3.81. The van der Waals surface area contributed by atoms with Crippen LogP contribution in [0, 0.1) is 15.9 Å². The van der Waals surface area contributed by atoms with E-state index in [-0.39, 0.29) is 5.69 Å². The van der Waals surface area contributed by atoms with Crippen molar-refractivity contribution in [3.05, 3.63) is 34.1 Å². The van der Waals surface area contributed by atoms with E-state index in [9.17, 15) is 19.6 Å². The van der Waals surface area contributed by atoms with Crippen LogP contribution in [0.5, 0.6) is 0 Å². The van der Waals surface area contributed by atoms with Crippen LogP contribution in [-0.2, 0) is 0 Å². The summed E-state index contributed by atoms with van der Waals surface area (Å²) in [7, 11) is 0. The lowest BCUT2D eigenvalue weighted by Crippen LogP contribution is -2.21. The molecule has 86 valence electrons. The van der Waals surface area contributed by atoms with Gasteiger partial charge in [-0.15, -0.1) is 0 Å². The molecule has 6 heteroatoms. The molecule has 1 atom stereocenters. The molecule has 0 amide bonds. The Labute approximate surface area is 91.3 Å². The minimum atomic E-state index is -0.634. The summed E-state index contributed by atoms with van der Waals surface area (Å²) < 4.78 is 13.1. The van der Waals surface area contributed by atoms with E-state index in [2.05, 4.69) is 0 Å². The first-order valence-corrected chi connectivity index (χ1v) is 4.94. The average Bonchev–Trinajstić information content (AvgIpc) is 2.64. The number of aliphatic hydroxyl groups is 1. The van der Waals surface area contributed by atoms with E-state index in [0.29, 0.717) is 25.2 Å². The zero-order valence-electron chi connectivity index (χ0n) is 8.47. The van der Waals surface area contributed by atoms with Crippen molar-refractivity contribution in [1.29, 1.82) is 0 Å². The predicted octanol–water partition coefficient (Wildman–Crippen LogP) is 1.30. The fourth-order valence-electron chi connectivity index (χ4n) is 1.82. The number of non-ortho nitro benzene ring substituents is 1. The van der Waals surface area contributed by atoms with Gasteiger partial charge < -0.3 is 10.0 Å². The van der Waals surface area contributed by atoms with Gasteiger partial charge in [0, 0.05) is 24.8 Å². The highest BCUT2D eigenvalue weighted by molar-refractivity contribution is 5.54. The van der Waals surface area contributed by atoms with Gasteiger partial charge in [0.2, 0.25) is 0 Å². The minimum Gasteiger partial charge on any atom is -0.391 e. The van der Waals surface area contributed by atoms with Crippen LogP contribution in [0.25, 0.3) is 0 Å². The molecule has 16 heavy (non-hydrogen) atoms. The van der Waals surface area contributed by atoms with Crippen LogP contribution >= 0.6 is 0 Å². The Morgan fingerprint density at radius 2 is 2.25 bits per heavy atom. The van der Waals surface area contributed by atoms with Crippen molar-refractivity contribution in [3.63, 3.8) is 0 Å². The maximum Gasteiger partial charge on any atom is 0.274 e. The molecule has 0 spiro atoms. The molecule has 0 saturated carbocycles. The number of nitrogens with zero attached hydrogens (tertiary/aromatic N) is 2. The molecule has 0 radical (unpaired) electrons. The molecule has 5 nitrogen and oxygen atoms in total. The molecule has 1 aliphatic heterocycles. The summed E-state index contributed by atoms with van der Waals surface area (Å²) in [6, 6.07) is 3.45. The first kappa shape index (κ1) is 10.8. The van der Waals surface area contributed by atoms with E-state index in [4.69, 9.17) is 0 Å². The lowest BCUT2D eigenvalue weighted by atomic mass is 10.2. The molecule has 0 bridgehead atoms. The maximum atomic E-state index is 13.1. The van der Waals surface area contributed by atoms with Crippen molar-refractivity contribution in [2.45, 2.75) is 12.5 Å². The second-order valence-corrected chi connectivity index (χ2v) is 3.81. The number of aliphatic hydroxyl groups excluding tert-OH is 1. The Hall–Kier alpha value is -1.69. The van der Waals surface area contributed by atoms with Gasteiger partial charge in [-0.25, -0.2) is 4.39 Å². The Morgan fingerprint density at radius 1 is 1.50 bits per heavy atom. The van der Waals surface area contributed by atoms with Crippen LogP contribution in [0.1, 0.15) is 6.42 Å². The fourth-order valence-corrected chi connectivity index (χ4v) is 1.82. The predicted molar refractivity (Wildman–Crippen MR) is 55.9 cm³/mol. The number of hydrogen-bond acceptors (Lipinski definition) is 4. The number of anilines is 1. The zero-order chi connectivity index (χ0) is 11.7. The van der Waals surface area contributed by atoms with Gasteiger partial charge in [-0.3, -0.25) is 10.1 Å². The molecular weight excluding hydrogens is 215 g/mol. The largest absolute Gasteiger partial charge is 0.391 e.